The van der Waals surface area contributed by atoms with Crippen molar-refractivity contribution in [2.75, 3.05) is 41.3 Å². The Morgan fingerprint density at radius 3 is 2.23 bits per heavy atom. The molecular weight excluding hydrogens is 564 g/mol. The Morgan fingerprint density at radius 2 is 1.65 bits per heavy atom. The molecule has 3 amide bonds. The molecule has 0 saturated carbocycles. The number of hydrogen-bond donors (Lipinski definition) is 2. The molecule has 12 nitrogen and oxygen atoms in total. The molecule has 0 aliphatic rings. The summed E-state index contributed by atoms with van der Waals surface area (Å²) < 4.78 is 38.2. The fourth-order valence-corrected chi connectivity index (χ4v) is 5.36. The van der Waals surface area contributed by atoms with Crippen molar-refractivity contribution in [3.05, 3.63) is 68.5 Å². The van der Waals surface area contributed by atoms with E-state index in [9.17, 15) is 27.6 Å². The maximum Gasteiger partial charge on any atom is 0.414 e. The first-order valence-electron chi connectivity index (χ1n) is 11.9. The number of aryl methyl sites for hydroxylation is 1. The smallest absolute Gasteiger partial charge is 0.414 e. The van der Waals surface area contributed by atoms with Gasteiger partial charge in [0.25, 0.3) is 0 Å². The first-order valence-corrected chi connectivity index (χ1v) is 13.8. The van der Waals surface area contributed by atoms with Gasteiger partial charge in [-0.25, -0.2) is 18.0 Å². The molecule has 0 fully saturated rings. The number of likely N-dealkylation sites (N-methyl/N-ethyl adjacent to an activating group) is 2. The van der Waals surface area contributed by atoms with Gasteiger partial charge in [0, 0.05) is 51.6 Å². The molecule has 0 atom stereocenters. The number of hydrogen-bond acceptors (Lipinski definition) is 8. The molecule has 0 aliphatic carbocycles. The third kappa shape index (κ3) is 6.79. The van der Waals surface area contributed by atoms with Crippen molar-refractivity contribution in [3.63, 3.8) is 0 Å². The minimum Gasteiger partial charge on any atom is -0.422 e. The number of ether oxygens (including phenoxy) is 1. The van der Waals surface area contributed by atoms with E-state index in [4.69, 9.17) is 20.8 Å². The molecule has 14 heteroatoms. The largest absolute Gasteiger partial charge is 0.422 e. The zero-order valence-electron chi connectivity index (χ0n) is 22.5. The average Bonchev–Trinajstić information content (AvgIpc) is 2.91. The second kappa shape index (κ2) is 12.5. The highest BCUT2D eigenvalue weighted by atomic mass is 35.5. The minimum atomic E-state index is -4.26. The van der Waals surface area contributed by atoms with Gasteiger partial charge in [0.15, 0.2) is 5.75 Å². The van der Waals surface area contributed by atoms with Crippen LogP contribution in [0.3, 0.4) is 0 Å². The Balaban J connectivity index is 1.99. The molecule has 1 heterocycles. The van der Waals surface area contributed by atoms with Crippen molar-refractivity contribution in [3.8, 4) is 5.75 Å². The number of halogens is 1. The quantitative estimate of drug-likeness (QED) is 0.357. The van der Waals surface area contributed by atoms with Crippen LogP contribution in [0.25, 0.3) is 11.0 Å². The number of carbonyl (C=O) groups is 3. The molecule has 0 aliphatic heterocycles. The monoisotopic (exact) mass is 592 g/mol. The second-order valence-corrected chi connectivity index (χ2v) is 11.3. The van der Waals surface area contributed by atoms with Crippen LogP contribution >= 0.6 is 11.6 Å². The average molecular weight is 593 g/mol. The molecule has 0 radical (unpaired) electrons. The van der Waals surface area contributed by atoms with Crippen LogP contribution in [0.1, 0.15) is 16.7 Å². The van der Waals surface area contributed by atoms with E-state index in [2.05, 4.69) is 10.6 Å². The molecule has 40 heavy (non-hydrogen) atoms. The summed E-state index contributed by atoms with van der Waals surface area (Å²) in [5.74, 6) is -1.16. The van der Waals surface area contributed by atoms with E-state index in [0.29, 0.717) is 16.5 Å². The summed E-state index contributed by atoms with van der Waals surface area (Å²) in [7, 11) is 1.47. The van der Waals surface area contributed by atoms with Gasteiger partial charge in [0.2, 0.25) is 21.8 Å². The SMILES string of the molecule is CNC(=O)CN(CC(=O)NC)S(=O)(=O)c1cccc(Cc2c(C)c3cc(Cl)c(OC(=O)N(C)C)cc3oc2=O)c1. The number of benzene rings is 2. The number of carbonyl (C=O) groups excluding carboxylic acids is 3. The lowest BCUT2D eigenvalue weighted by Crippen LogP contribution is -2.44. The van der Waals surface area contributed by atoms with Gasteiger partial charge >= 0.3 is 11.7 Å². The highest BCUT2D eigenvalue weighted by Gasteiger charge is 2.28. The molecule has 214 valence electrons. The lowest BCUT2D eigenvalue weighted by atomic mass is 9.99. The van der Waals surface area contributed by atoms with E-state index in [1.165, 1.54) is 63.4 Å². The van der Waals surface area contributed by atoms with Crippen LogP contribution in [-0.2, 0) is 26.0 Å². The van der Waals surface area contributed by atoms with Crippen molar-refractivity contribution in [1.29, 1.82) is 0 Å². The van der Waals surface area contributed by atoms with Gasteiger partial charge < -0.3 is 24.7 Å². The highest BCUT2D eigenvalue weighted by Crippen LogP contribution is 2.32. The Kier molecular flexibility index (Phi) is 9.56. The van der Waals surface area contributed by atoms with E-state index in [1.807, 2.05) is 0 Å². The Bertz CT molecular complexity index is 1620. The van der Waals surface area contributed by atoms with Crippen LogP contribution in [-0.4, -0.2) is 76.8 Å². The van der Waals surface area contributed by atoms with E-state index in [0.717, 1.165) is 4.31 Å². The number of rotatable bonds is 9. The fourth-order valence-electron chi connectivity index (χ4n) is 3.73. The van der Waals surface area contributed by atoms with Gasteiger partial charge in [0.1, 0.15) is 5.58 Å². The molecule has 3 rings (SSSR count). The van der Waals surface area contributed by atoms with Crippen LogP contribution in [0.15, 0.2) is 50.5 Å². The van der Waals surface area contributed by atoms with E-state index in [1.54, 1.807) is 13.0 Å². The molecular formula is C26H29ClN4O8S. The topological polar surface area (TPSA) is 155 Å². The number of nitrogens with zero attached hydrogens (tertiary/aromatic N) is 2. The van der Waals surface area contributed by atoms with Gasteiger partial charge in [-0.2, -0.15) is 4.31 Å². The third-order valence-electron chi connectivity index (χ3n) is 6.02. The molecule has 2 N–H and O–H groups in total. The fraction of sp³-hybridized carbons (Fsp3) is 0.308. The summed E-state index contributed by atoms with van der Waals surface area (Å²) >= 11 is 6.33. The van der Waals surface area contributed by atoms with Gasteiger partial charge in [0.05, 0.1) is 23.0 Å². The maximum atomic E-state index is 13.4. The van der Waals surface area contributed by atoms with E-state index >= 15 is 0 Å². The summed E-state index contributed by atoms with van der Waals surface area (Å²) in [6.07, 6.45) is -0.635. The number of fused-ring (bicyclic) bond motifs is 1. The van der Waals surface area contributed by atoms with Gasteiger partial charge in [-0.3, -0.25) is 9.59 Å². The zero-order valence-corrected chi connectivity index (χ0v) is 24.1. The van der Waals surface area contributed by atoms with Gasteiger partial charge in [-0.05, 0) is 36.2 Å². The number of nitrogens with one attached hydrogen (secondary N) is 2. The summed E-state index contributed by atoms with van der Waals surface area (Å²) in [5.41, 5.74) is 0.786. The summed E-state index contributed by atoms with van der Waals surface area (Å²) in [5, 5.41) is 5.33. The normalized spacial score (nSPS) is 11.4. The first-order chi connectivity index (χ1) is 18.8. The Hall–Kier alpha value is -3.94. The molecule has 0 spiro atoms. The van der Waals surface area contributed by atoms with E-state index < -0.39 is 46.6 Å². The van der Waals surface area contributed by atoms with Crippen LogP contribution in [0, 0.1) is 6.92 Å². The second-order valence-electron chi connectivity index (χ2n) is 8.98. The first kappa shape index (κ1) is 30.6. The lowest BCUT2D eigenvalue weighted by Gasteiger charge is -2.21. The third-order valence-corrected chi connectivity index (χ3v) is 8.10. The minimum absolute atomic E-state index is 0.0212. The number of amides is 3. The van der Waals surface area contributed by atoms with Crippen molar-refractivity contribution in [2.45, 2.75) is 18.2 Å². The maximum absolute atomic E-state index is 13.4. The Labute approximate surface area is 235 Å². The zero-order chi connectivity index (χ0) is 29.8. The van der Waals surface area contributed by atoms with Crippen molar-refractivity contribution in [1.82, 2.24) is 19.8 Å². The lowest BCUT2D eigenvalue weighted by molar-refractivity contribution is -0.122. The van der Waals surface area contributed by atoms with Gasteiger partial charge in [-0.15, -0.1) is 0 Å². The summed E-state index contributed by atoms with van der Waals surface area (Å²) in [4.78, 5) is 49.9. The molecule has 0 saturated heterocycles. The summed E-state index contributed by atoms with van der Waals surface area (Å²) in [6, 6.07) is 8.73. The van der Waals surface area contributed by atoms with Crippen molar-refractivity contribution in [2.24, 2.45) is 0 Å². The van der Waals surface area contributed by atoms with Crippen LogP contribution in [0.5, 0.6) is 5.75 Å². The molecule has 2 aromatic carbocycles. The molecule has 1 aromatic heterocycles. The van der Waals surface area contributed by atoms with Crippen molar-refractivity contribution < 1.29 is 32.0 Å². The molecule has 0 bridgehead atoms. The highest BCUT2D eigenvalue weighted by molar-refractivity contribution is 7.89. The Morgan fingerprint density at radius 1 is 1.02 bits per heavy atom. The molecule has 0 unspecified atom stereocenters. The van der Waals surface area contributed by atoms with Crippen molar-refractivity contribution >= 4 is 50.5 Å². The van der Waals surface area contributed by atoms with Crippen LogP contribution in [0.4, 0.5) is 4.79 Å². The number of sulfonamides is 1. The standard InChI is InChI=1S/C26H29ClN4O8S/c1-15-18-11-20(27)22(39-26(35)30(4)5)12-21(18)38-25(34)19(15)10-16-7-6-8-17(9-16)40(36,37)31(13-23(32)28-2)14-24(33)29-3/h6-9,11-12H,10,13-14H2,1-5H3,(H,28,32)(H,29,33). The van der Waals surface area contributed by atoms with Crippen LogP contribution < -0.4 is 21.0 Å². The van der Waals surface area contributed by atoms with E-state index in [-0.39, 0.29) is 33.2 Å². The van der Waals surface area contributed by atoms with Gasteiger partial charge in [-0.1, -0.05) is 23.7 Å². The predicted molar refractivity (Wildman–Crippen MR) is 148 cm³/mol. The molecule has 3 aromatic rings. The predicted octanol–water partition coefficient (Wildman–Crippen LogP) is 1.89. The summed E-state index contributed by atoms with van der Waals surface area (Å²) in [6.45, 7) is 0.582. The van der Waals surface area contributed by atoms with Crippen LogP contribution in [0.2, 0.25) is 5.02 Å².